The van der Waals surface area contributed by atoms with E-state index >= 15 is 4.39 Å². The number of benzene rings is 7. The molecule has 1 aliphatic heterocycles. The molecule has 7 aromatic rings. The Balaban J connectivity index is 0.000000286. The van der Waals surface area contributed by atoms with E-state index in [2.05, 4.69) is 31.8 Å². The number of rotatable bonds is 21. The summed E-state index contributed by atoms with van der Waals surface area (Å²) >= 11 is 0. The summed E-state index contributed by atoms with van der Waals surface area (Å²) in [4.78, 5) is 52.5. The fourth-order valence-corrected chi connectivity index (χ4v) is 9.44. The third kappa shape index (κ3) is 17.0. The van der Waals surface area contributed by atoms with E-state index in [4.69, 9.17) is 5.73 Å². The summed E-state index contributed by atoms with van der Waals surface area (Å²) in [5.74, 6) is -3.67. The van der Waals surface area contributed by atoms with Gasteiger partial charge >= 0.3 is 37.4 Å². The van der Waals surface area contributed by atoms with Crippen LogP contribution < -0.4 is 37.5 Å². The number of carbonyl (C=O) groups excluding carboxylic acids is 4. The number of nitrogens with one attached hydrogen (secondary N) is 2. The number of halogens is 18. The molecule has 8 rings (SSSR count). The first kappa shape index (κ1) is 69.9. The lowest BCUT2D eigenvalue weighted by atomic mass is 9.77. The number of ether oxygens (including phenoxy) is 2. The lowest BCUT2D eigenvalue weighted by Gasteiger charge is -2.38. The lowest BCUT2D eigenvalue weighted by molar-refractivity contribution is -0.253. The van der Waals surface area contributed by atoms with Gasteiger partial charge in [-0.2, -0.15) is 61.5 Å². The van der Waals surface area contributed by atoms with Crippen LogP contribution in [0.4, 0.5) is 79.0 Å². The Morgan fingerprint density at radius 2 is 0.789 bits per heavy atom. The van der Waals surface area contributed by atoms with Crippen LogP contribution in [0.2, 0.25) is 0 Å². The molecule has 0 spiro atoms. The zero-order chi connectivity index (χ0) is 66.7. The minimum Gasteiger partial charge on any atom is -0.428 e. The number of fused-ring (bicyclic) bond motifs is 1. The summed E-state index contributed by atoms with van der Waals surface area (Å²) in [5, 5.41) is 4.75. The van der Waals surface area contributed by atoms with E-state index in [1.54, 1.807) is 36.4 Å². The van der Waals surface area contributed by atoms with Gasteiger partial charge in [0.15, 0.2) is 0 Å². The molecule has 4 amide bonds. The first-order chi connectivity index (χ1) is 42.1. The Bertz CT molecular complexity index is 3570. The van der Waals surface area contributed by atoms with Gasteiger partial charge in [-0.15, -0.1) is 0 Å². The lowest BCUT2D eigenvalue weighted by Crippen LogP contribution is -2.54. The van der Waals surface area contributed by atoms with Gasteiger partial charge in [-0.05, 0) is 94.0 Å². The second-order valence-electron chi connectivity index (χ2n) is 19.7. The summed E-state index contributed by atoms with van der Waals surface area (Å²) in [7, 11) is 0. The molecule has 8 N–H and O–H groups in total. The van der Waals surface area contributed by atoms with Crippen molar-refractivity contribution in [3.63, 3.8) is 0 Å². The van der Waals surface area contributed by atoms with Gasteiger partial charge in [-0.3, -0.25) is 35.8 Å². The molecule has 0 aliphatic carbocycles. The molecule has 0 bridgehead atoms. The number of hydrogen-bond donors (Lipinski definition) is 5. The smallest absolute Gasteiger partial charge is 0.428 e. The standard InChI is InChI=1S/C34H23F9N2O4.C26H21F9N2O2.H4N2/c35-22-12-10-20(11-13-22)32(18-19-6-2-1-3-7-19,21-14-23(36)16-24(15-21)49-34(42,43)31(37)38)44-28(46)17-27(33(39,40)41)45-29(47)25-8-4-5-9-26(25)30(45)48;27-18-8-6-16(7-9-18)24(14-15-4-2-1-3-5-15,37-22(38)13-21(36)25(31,32)33)17-10-19(28)12-20(11-17)39-26(34,35)23(29)30;1-2/h1-16,27,31H,17-18H2,(H,44,46);1-12,21,23H,13-14,36H2,(H,37,38);1-2H2/t27?,32-;21?,24-;/m11./s1. The van der Waals surface area contributed by atoms with Crippen LogP contribution >= 0.6 is 0 Å². The van der Waals surface area contributed by atoms with E-state index in [1.165, 1.54) is 36.4 Å². The van der Waals surface area contributed by atoms with Crippen LogP contribution in [0.3, 0.4) is 0 Å². The Morgan fingerprint density at radius 1 is 0.444 bits per heavy atom. The normalized spacial score (nSPS) is 14.6. The van der Waals surface area contributed by atoms with Crippen molar-refractivity contribution in [2.75, 3.05) is 0 Å². The molecule has 90 heavy (non-hydrogen) atoms. The average molecular weight is 1290 g/mol. The Morgan fingerprint density at radius 3 is 1.12 bits per heavy atom. The molecule has 0 saturated heterocycles. The maximum Gasteiger partial charge on any atom is 0.461 e. The highest BCUT2D eigenvalue weighted by atomic mass is 19.4. The number of imide groups is 1. The molecule has 12 nitrogen and oxygen atoms in total. The predicted octanol–water partition coefficient (Wildman–Crippen LogP) is 12.3. The summed E-state index contributed by atoms with van der Waals surface area (Å²) in [6.45, 7) is 0. The summed E-state index contributed by atoms with van der Waals surface area (Å²) in [6, 6.07) is 26.7. The van der Waals surface area contributed by atoms with Crippen LogP contribution in [0, 0.1) is 23.3 Å². The van der Waals surface area contributed by atoms with Gasteiger partial charge in [0, 0.05) is 25.0 Å². The van der Waals surface area contributed by atoms with Crippen LogP contribution in [0.25, 0.3) is 0 Å². The van der Waals surface area contributed by atoms with Crippen molar-refractivity contribution in [1.29, 1.82) is 0 Å². The van der Waals surface area contributed by atoms with Gasteiger partial charge in [0.05, 0.1) is 35.0 Å². The topological polar surface area (TPSA) is 192 Å². The highest BCUT2D eigenvalue weighted by Gasteiger charge is 2.54. The van der Waals surface area contributed by atoms with Gasteiger partial charge in [0.2, 0.25) is 11.8 Å². The van der Waals surface area contributed by atoms with Crippen molar-refractivity contribution in [3.05, 3.63) is 238 Å². The Labute approximate surface area is 498 Å². The molecular formula is C60H48F18N6O6. The van der Waals surface area contributed by atoms with Crippen molar-refractivity contribution in [3.8, 4) is 11.5 Å². The second kappa shape index (κ2) is 28.6. The molecule has 0 aromatic heterocycles. The first-order valence-electron chi connectivity index (χ1n) is 25.9. The molecule has 1 aliphatic rings. The highest BCUT2D eigenvalue weighted by Crippen LogP contribution is 2.42. The predicted molar refractivity (Wildman–Crippen MR) is 285 cm³/mol. The maximum atomic E-state index is 15.1. The minimum absolute atomic E-state index is 0.00106. The first-order valence-corrected chi connectivity index (χ1v) is 25.9. The van der Waals surface area contributed by atoms with Crippen LogP contribution in [0.5, 0.6) is 11.5 Å². The summed E-state index contributed by atoms with van der Waals surface area (Å²) < 4.78 is 255. The number of nitrogens with two attached hydrogens (primary N) is 3. The minimum atomic E-state index is -5.34. The fraction of sp³-hybridized carbons (Fsp3) is 0.233. The Hall–Kier alpha value is -9.16. The van der Waals surface area contributed by atoms with E-state index in [-0.39, 0.29) is 39.1 Å². The van der Waals surface area contributed by atoms with Crippen molar-refractivity contribution in [2.24, 2.45) is 17.4 Å². The molecule has 2 unspecified atom stereocenters. The second-order valence-corrected chi connectivity index (χ2v) is 19.7. The molecule has 4 atom stereocenters. The van der Waals surface area contributed by atoms with Gasteiger partial charge in [0.25, 0.3) is 11.8 Å². The number of carbonyl (C=O) groups is 4. The van der Waals surface area contributed by atoms with Crippen LogP contribution in [-0.4, -0.2) is 78.0 Å². The third-order valence-corrected chi connectivity index (χ3v) is 13.5. The van der Waals surface area contributed by atoms with Crippen LogP contribution in [0.1, 0.15) is 66.9 Å². The third-order valence-electron chi connectivity index (χ3n) is 13.5. The zero-order valence-corrected chi connectivity index (χ0v) is 45.7. The van der Waals surface area contributed by atoms with Crippen molar-refractivity contribution in [1.82, 2.24) is 15.5 Å². The van der Waals surface area contributed by atoms with E-state index in [0.717, 1.165) is 72.8 Å². The van der Waals surface area contributed by atoms with Crippen molar-refractivity contribution in [2.45, 2.75) is 86.3 Å². The molecule has 1 heterocycles. The Kier molecular flexibility index (Phi) is 22.2. The van der Waals surface area contributed by atoms with E-state index in [9.17, 15) is 93.8 Å². The molecule has 480 valence electrons. The monoisotopic (exact) mass is 1290 g/mol. The molecule has 30 heteroatoms. The molecular weight excluding hydrogens is 1240 g/mol. The average Bonchev–Trinajstić information content (AvgIpc) is 1.24. The van der Waals surface area contributed by atoms with Crippen LogP contribution in [0.15, 0.2) is 170 Å². The largest absolute Gasteiger partial charge is 0.461 e. The maximum absolute atomic E-state index is 15.1. The fourth-order valence-electron chi connectivity index (χ4n) is 9.44. The van der Waals surface area contributed by atoms with Gasteiger partial charge in [-0.1, -0.05) is 97.1 Å². The zero-order valence-electron chi connectivity index (χ0n) is 45.7. The quantitative estimate of drug-likeness (QED) is 0.0202. The molecule has 0 fully saturated rings. The molecule has 7 aromatic carbocycles. The van der Waals surface area contributed by atoms with Gasteiger partial charge in [-0.25, -0.2) is 17.6 Å². The molecule has 0 saturated carbocycles. The number of hydrogen-bond acceptors (Lipinski definition) is 9. The highest BCUT2D eigenvalue weighted by molar-refractivity contribution is 6.21. The van der Waals surface area contributed by atoms with E-state index < -0.39 is 144 Å². The van der Waals surface area contributed by atoms with E-state index in [1.807, 2.05) is 0 Å². The van der Waals surface area contributed by atoms with Crippen LogP contribution in [-0.2, 0) is 33.5 Å². The SMILES string of the molecule is NC(CC(=O)N[C@](Cc1ccccc1)(c1ccc(F)cc1)c1cc(F)cc(OC(F)(F)C(F)F)c1)C(F)(F)F.NN.O=C(CC(N1C(=O)c2ccccc2C1=O)C(F)(F)F)N[C@](Cc1ccccc1)(c1ccc(F)cc1)c1cc(F)cc(OC(F)(F)C(F)F)c1. The molecule has 0 radical (unpaired) electrons. The number of nitrogens with zero attached hydrogens (tertiary/aromatic N) is 1. The van der Waals surface area contributed by atoms with Crippen molar-refractivity contribution < 1.29 is 108 Å². The van der Waals surface area contributed by atoms with Gasteiger partial charge < -0.3 is 25.8 Å². The number of hydrazine groups is 1. The summed E-state index contributed by atoms with van der Waals surface area (Å²) in [5.41, 5.74) is 0.0247. The van der Waals surface area contributed by atoms with Crippen molar-refractivity contribution >= 4 is 23.6 Å². The van der Waals surface area contributed by atoms with E-state index in [0.29, 0.717) is 35.4 Å². The number of alkyl halides is 14. The summed E-state index contributed by atoms with van der Waals surface area (Å²) in [6.07, 6.45) is -32.6. The van der Waals surface area contributed by atoms with Gasteiger partial charge in [0.1, 0.15) is 46.9 Å². The number of amides is 4.